The van der Waals surface area contributed by atoms with Crippen LogP contribution in [0.3, 0.4) is 0 Å². The predicted molar refractivity (Wildman–Crippen MR) is 125 cm³/mol. The van der Waals surface area contributed by atoms with Crippen LogP contribution in [0.2, 0.25) is 0 Å². The third-order valence-electron chi connectivity index (χ3n) is 5.81. The third kappa shape index (κ3) is 6.38. The molecular formula is C23H30N2O5S2. The first-order valence-electron chi connectivity index (χ1n) is 10.9. The van der Waals surface area contributed by atoms with Crippen LogP contribution in [0.5, 0.6) is 0 Å². The maximum absolute atomic E-state index is 13.3. The number of aryl methyl sites for hydroxylation is 1. The molecule has 174 valence electrons. The number of carbonyl (C=O) groups is 2. The number of hydrogen-bond donors (Lipinski definition) is 1. The third-order valence-corrected chi connectivity index (χ3v) is 7.87. The zero-order valence-electron chi connectivity index (χ0n) is 18.7. The predicted octanol–water partition coefficient (Wildman–Crippen LogP) is 4.26. The number of amides is 1. The average molecular weight is 479 g/mol. The molecular weight excluding hydrogens is 448 g/mol. The first-order valence-corrected chi connectivity index (χ1v) is 13.6. The fourth-order valence-electron chi connectivity index (χ4n) is 4.11. The minimum atomic E-state index is -3.30. The molecule has 1 aliphatic rings. The van der Waals surface area contributed by atoms with Gasteiger partial charge >= 0.3 is 5.97 Å². The molecule has 9 heteroatoms. The number of benzene rings is 1. The van der Waals surface area contributed by atoms with E-state index in [1.807, 2.05) is 6.92 Å². The van der Waals surface area contributed by atoms with Crippen molar-refractivity contribution in [2.45, 2.75) is 63.2 Å². The van der Waals surface area contributed by atoms with Crippen LogP contribution in [0, 0.1) is 12.8 Å². The van der Waals surface area contributed by atoms with E-state index >= 15 is 0 Å². The molecule has 32 heavy (non-hydrogen) atoms. The smallest absolute Gasteiger partial charge is 0.311 e. The molecule has 1 N–H and O–H groups in total. The van der Waals surface area contributed by atoms with Crippen molar-refractivity contribution in [1.29, 1.82) is 0 Å². The number of aromatic nitrogens is 1. The highest BCUT2D eigenvalue weighted by Gasteiger charge is 2.28. The van der Waals surface area contributed by atoms with Crippen LogP contribution >= 0.6 is 11.3 Å². The van der Waals surface area contributed by atoms with Gasteiger partial charge < -0.3 is 10.1 Å². The summed E-state index contributed by atoms with van der Waals surface area (Å²) >= 11 is 1.33. The van der Waals surface area contributed by atoms with E-state index in [0.29, 0.717) is 29.8 Å². The monoisotopic (exact) mass is 478 g/mol. The van der Waals surface area contributed by atoms with Gasteiger partial charge in [-0.3, -0.25) is 9.59 Å². The summed E-state index contributed by atoms with van der Waals surface area (Å²) in [7, 11) is -3.30. The Kier molecular flexibility index (Phi) is 8.05. The molecule has 1 saturated carbocycles. The molecule has 1 aromatic carbocycles. The molecule has 3 rings (SSSR count). The van der Waals surface area contributed by atoms with Crippen LogP contribution in [0.25, 0.3) is 0 Å². The molecule has 2 aromatic rings. The number of sulfone groups is 1. The molecule has 1 aliphatic carbocycles. The fraction of sp³-hybridized carbons (Fsp3) is 0.522. The summed E-state index contributed by atoms with van der Waals surface area (Å²) in [6.07, 6.45) is 6.51. The maximum Gasteiger partial charge on any atom is 0.311 e. The van der Waals surface area contributed by atoms with Crippen molar-refractivity contribution < 1.29 is 22.7 Å². The van der Waals surface area contributed by atoms with Gasteiger partial charge in [-0.2, -0.15) is 0 Å². The van der Waals surface area contributed by atoms with Gasteiger partial charge in [0, 0.05) is 11.1 Å². The lowest BCUT2D eigenvalue weighted by Crippen LogP contribution is -2.23. The van der Waals surface area contributed by atoms with Gasteiger partial charge in [-0.25, -0.2) is 13.4 Å². The number of ether oxygens (including phenoxy) is 1. The molecule has 0 unspecified atom stereocenters. The second-order valence-corrected chi connectivity index (χ2v) is 11.5. The Balaban J connectivity index is 1.79. The summed E-state index contributed by atoms with van der Waals surface area (Å²) in [5, 5.41) is 3.38. The number of nitrogens with one attached hydrogen (secondary N) is 1. The zero-order valence-corrected chi connectivity index (χ0v) is 20.4. The lowest BCUT2D eigenvalue weighted by Gasteiger charge is -2.20. The van der Waals surface area contributed by atoms with E-state index in [9.17, 15) is 18.0 Å². The SMILES string of the molecule is CCOC(=O)Cc1nc(NC(=O)[C@H](CC2CCCC2)c2ccc(S(C)(=O)=O)cc2)sc1C. The van der Waals surface area contributed by atoms with Crippen LogP contribution in [0.15, 0.2) is 29.2 Å². The van der Waals surface area contributed by atoms with Crippen molar-refractivity contribution >= 4 is 38.2 Å². The van der Waals surface area contributed by atoms with Gasteiger partial charge in [0.1, 0.15) is 0 Å². The van der Waals surface area contributed by atoms with Crippen molar-refractivity contribution in [3.05, 3.63) is 40.4 Å². The Morgan fingerprint density at radius 3 is 2.47 bits per heavy atom. The van der Waals surface area contributed by atoms with Crippen molar-refractivity contribution in [3.63, 3.8) is 0 Å². The molecule has 1 aromatic heterocycles. The van der Waals surface area contributed by atoms with E-state index < -0.39 is 15.8 Å². The van der Waals surface area contributed by atoms with Gasteiger partial charge in [0.05, 0.1) is 29.5 Å². The largest absolute Gasteiger partial charge is 0.466 e. The number of carbonyl (C=O) groups excluding carboxylic acids is 2. The molecule has 1 fully saturated rings. The molecule has 1 heterocycles. The number of rotatable bonds is 9. The molecule has 7 nitrogen and oxygen atoms in total. The Bertz CT molecular complexity index is 1050. The second kappa shape index (κ2) is 10.6. The van der Waals surface area contributed by atoms with Crippen LogP contribution in [-0.4, -0.2) is 38.1 Å². The topological polar surface area (TPSA) is 102 Å². The van der Waals surface area contributed by atoms with Crippen LogP contribution < -0.4 is 5.32 Å². The minimum Gasteiger partial charge on any atom is -0.466 e. The molecule has 0 spiro atoms. The summed E-state index contributed by atoms with van der Waals surface area (Å²) in [4.78, 5) is 30.6. The Morgan fingerprint density at radius 2 is 1.88 bits per heavy atom. The summed E-state index contributed by atoms with van der Waals surface area (Å²) < 4.78 is 28.6. The van der Waals surface area contributed by atoms with Crippen molar-refractivity contribution in [1.82, 2.24) is 4.98 Å². The Morgan fingerprint density at radius 1 is 1.22 bits per heavy atom. The molecule has 0 aliphatic heterocycles. The van der Waals surface area contributed by atoms with E-state index in [1.165, 1.54) is 30.4 Å². The quantitative estimate of drug-likeness (QED) is 0.540. The number of hydrogen-bond acceptors (Lipinski definition) is 7. The highest BCUT2D eigenvalue weighted by Crippen LogP contribution is 2.35. The lowest BCUT2D eigenvalue weighted by molar-refractivity contribution is -0.142. The number of anilines is 1. The summed E-state index contributed by atoms with van der Waals surface area (Å²) in [6, 6.07) is 6.58. The van der Waals surface area contributed by atoms with E-state index in [2.05, 4.69) is 10.3 Å². The van der Waals surface area contributed by atoms with Crippen LogP contribution in [0.4, 0.5) is 5.13 Å². The minimum absolute atomic E-state index is 0.0739. The number of thiazole rings is 1. The molecule has 1 atom stereocenters. The van der Waals surface area contributed by atoms with Gasteiger partial charge in [-0.15, -0.1) is 11.3 Å². The van der Waals surface area contributed by atoms with Crippen molar-refractivity contribution in [2.75, 3.05) is 18.2 Å². The second-order valence-electron chi connectivity index (χ2n) is 8.27. The first-order chi connectivity index (χ1) is 15.2. The summed E-state index contributed by atoms with van der Waals surface area (Å²) in [5.74, 6) is -0.438. The highest BCUT2D eigenvalue weighted by atomic mass is 32.2. The van der Waals surface area contributed by atoms with Crippen molar-refractivity contribution in [2.24, 2.45) is 5.92 Å². The average Bonchev–Trinajstić information content (AvgIpc) is 3.35. The van der Waals surface area contributed by atoms with Gasteiger partial charge in [0.2, 0.25) is 5.91 Å². The molecule has 1 amide bonds. The Labute approximate surface area is 193 Å². The Hall–Kier alpha value is -2.26. The van der Waals surface area contributed by atoms with Gasteiger partial charge in [0.25, 0.3) is 0 Å². The molecule has 0 bridgehead atoms. The highest BCUT2D eigenvalue weighted by molar-refractivity contribution is 7.90. The first kappa shape index (κ1) is 24.4. The zero-order chi connectivity index (χ0) is 23.3. The number of nitrogens with zero attached hydrogens (tertiary/aromatic N) is 1. The van der Waals surface area contributed by atoms with Gasteiger partial charge in [-0.05, 0) is 43.9 Å². The molecule has 0 radical (unpaired) electrons. The normalized spacial score (nSPS) is 15.5. The summed E-state index contributed by atoms with van der Waals surface area (Å²) in [5.41, 5.74) is 1.40. The van der Waals surface area contributed by atoms with Crippen LogP contribution in [-0.2, 0) is 30.6 Å². The van der Waals surface area contributed by atoms with E-state index in [-0.39, 0.29) is 23.2 Å². The summed E-state index contributed by atoms with van der Waals surface area (Å²) in [6.45, 7) is 3.93. The van der Waals surface area contributed by atoms with E-state index in [0.717, 1.165) is 23.3 Å². The van der Waals surface area contributed by atoms with Crippen LogP contribution in [0.1, 0.15) is 61.1 Å². The van der Waals surface area contributed by atoms with E-state index in [4.69, 9.17) is 4.74 Å². The fourth-order valence-corrected chi connectivity index (χ4v) is 5.57. The standard InChI is InChI=1S/C23H30N2O5S2/c1-4-30-21(26)14-20-15(2)31-23(24-20)25-22(27)19(13-16-7-5-6-8-16)17-9-11-18(12-10-17)32(3,28)29/h9-12,16,19H,4-8,13-14H2,1-3H3,(H,24,25,27)/t19-/m1/s1. The molecule has 0 saturated heterocycles. The maximum atomic E-state index is 13.3. The number of esters is 1. The van der Waals surface area contributed by atoms with Gasteiger partial charge in [0.15, 0.2) is 15.0 Å². The van der Waals surface area contributed by atoms with E-state index in [1.54, 1.807) is 31.2 Å². The lowest BCUT2D eigenvalue weighted by atomic mass is 9.87. The van der Waals surface area contributed by atoms with Gasteiger partial charge in [-0.1, -0.05) is 37.8 Å². The van der Waals surface area contributed by atoms with Crippen molar-refractivity contribution in [3.8, 4) is 0 Å².